The van der Waals surface area contributed by atoms with Crippen molar-refractivity contribution in [2.24, 2.45) is 0 Å². The average Bonchev–Trinajstić information content (AvgIpc) is 2.65. The lowest BCUT2D eigenvalue weighted by Gasteiger charge is -2.33. The molecule has 5 nitrogen and oxygen atoms in total. The molecule has 29 heavy (non-hydrogen) atoms. The lowest BCUT2D eigenvalue weighted by molar-refractivity contribution is 0.455. The molecule has 0 radical (unpaired) electrons. The minimum absolute atomic E-state index is 0.0241. The van der Waals surface area contributed by atoms with Crippen molar-refractivity contribution in [2.45, 2.75) is 4.75 Å². The van der Waals surface area contributed by atoms with E-state index < -0.39 is 20.6 Å². The van der Waals surface area contributed by atoms with Crippen LogP contribution in [0.2, 0.25) is 20.1 Å². The van der Waals surface area contributed by atoms with Crippen LogP contribution in [0.5, 0.6) is 11.5 Å². The van der Waals surface area contributed by atoms with Crippen molar-refractivity contribution in [3.05, 3.63) is 91.4 Å². The van der Waals surface area contributed by atoms with Gasteiger partial charge in [0.05, 0.1) is 10.0 Å². The number of aromatic hydroxyl groups is 2. The molecule has 3 aromatic rings. The third-order valence-corrected chi connectivity index (χ3v) is 7.34. The molecule has 0 fully saturated rings. The fourth-order valence-electron chi connectivity index (χ4n) is 3.14. The van der Waals surface area contributed by atoms with Crippen LogP contribution in [0.15, 0.2) is 54.6 Å². The molecule has 0 bridgehead atoms. The van der Waals surface area contributed by atoms with Crippen molar-refractivity contribution >= 4 is 56.5 Å². The van der Waals surface area contributed by atoms with Crippen molar-refractivity contribution in [3.8, 4) is 11.5 Å². The van der Waals surface area contributed by atoms with E-state index in [0.717, 1.165) is 12.1 Å². The Kier molecular flexibility index (Phi) is 5.98. The van der Waals surface area contributed by atoms with Crippen LogP contribution < -0.4 is 0 Å². The van der Waals surface area contributed by atoms with Gasteiger partial charge < -0.3 is 10.2 Å². The van der Waals surface area contributed by atoms with Gasteiger partial charge in [0, 0.05) is 10.6 Å². The van der Waals surface area contributed by atoms with Gasteiger partial charge in [0.1, 0.15) is 16.5 Å². The number of benzene rings is 3. The zero-order valence-corrected chi connectivity index (χ0v) is 18.1. The molecule has 0 amide bonds. The number of phenols is 2. The zero-order chi connectivity index (χ0) is 21.6. The minimum Gasteiger partial charge on any atom is -0.506 e. The molecule has 0 aliphatic carbocycles. The van der Waals surface area contributed by atoms with Crippen molar-refractivity contribution < 1.29 is 23.2 Å². The fraction of sp³-hybridized carbons (Fsp3) is 0.0526. The lowest BCUT2D eigenvalue weighted by Crippen LogP contribution is -2.38. The Bertz CT molecular complexity index is 1200. The summed E-state index contributed by atoms with van der Waals surface area (Å²) >= 11 is 24.2. The van der Waals surface area contributed by atoms with Gasteiger partial charge in [-0.3, -0.25) is 4.55 Å². The molecule has 1 atom stereocenters. The minimum atomic E-state index is -5.00. The topological polar surface area (TPSA) is 94.8 Å². The maximum absolute atomic E-state index is 12.9. The lowest BCUT2D eigenvalue weighted by atomic mass is 9.83. The average molecular weight is 494 g/mol. The molecule has 0 aromatic heterocycles. The van der Waals surface area contributed by atoms with Gasteiger partial charge in [0.2, 0.25) is 0 Å². The Morgan fingerprint density at radius 3 is 1.86 bits per heavy atom. The highest BCUT2D eigenvalue weighted by Crippen LogP contribution is 2.50. The van der Waals surface area contributed by atoms with E-state index in [1.54, 1.807) is 0 Å². The zero-order valence-electron chi connectivity index (χ0n) is 14.3. The first kappa shape index (κ1) is 22.0. The normalized spacial score (nSPS) is 13.8. The number of phenolic OH excluding ortho intramolecular Hbond substituents is 2. The standard InChI is InChI=1S/C19H12Cl4O5S/c20-12-4-1-10(2-5-12)19(29(26,27)28,11-3-7-14(21)16(25)9-11)13-6-8-15(24)18(23)17(13)22/h1-9,24-25H,(H,26,27,28). The van der Waals surface area contributed by atoms with E-state index in [-0.39, 0.29) is 37.5 Å². The highest BCUT2D eigenvalue weighted by Gasteiger charge is 2.50. The van der Waals surface area contributed by atoms with Crippen LogP contribution in [0.1, 0.15) is 16.7 Å². The number of halogens is 4. The summed E-state index contributed by atoms with van der Waals surface area (Å²) in [6.45, 7) is 0. The molecule has 3 N–H and O–H groups in total. The van der Waals surface area contributed by atoms with Crippen LogP contribution in [0.3, 0.4) is 0 Å². The number of rotatable bonds is 4. The van der Waals surface area contributed by atoms with Gasteiger partial charge in [-0.05, 0) is 41.5 Å². The Balaban J connectivity index is 2.56. The SMILES string of the molecule is O=S(=O)(O)C(c1ccc(Cl)cc1)(c1ccc(Cl)c(O)c1)c1ccc(O)c(Cl)c1Cl. The summed E-state index contributed by atoms with van der Waals surface area (Å²) in [5.41, 5.74) is -0.142. The monoisotopic (exact) mass is 492 g/mol. The summed E-state index contributed by atoms with van der Waals surface area (Å²) in [5.74, 6) is -0.785. The highest BCUT2D eigenvalue weighted by atomic mass is 35.5. The van der Waals surface area contributed by atoms with Crippen LogP contribution in [-0.4, -0.2) is 23.2 Å². The Hall–Kier alpha value is -1.67. The van der Waals surface area contributed by atoms with Crippen molar-refractivity contribution in [3.63, 3.8) is 0 Å². The summed E-state index contributed by atoms with van der Waals surface area (Å²) < 4.78 is 34.0. The molecule has 3 aromatic carbocycles. The molecule has 0 aliphatic heterocycles. The third kappa shape index (κ3) is 3.65. The summed E-state index contributed by atoms with van der Waals surface area (Å²) in [7, 11) is -5.00. The fourth-order valence-corrected chi connectivity index (χ4v) is 5.21. The van der Waals surface area contributed by atoms with E-state index in [9.17, 15) is 23.2 Å². The second kappa shape index (κ2) is 7.87. The molecule has 0 heterocycles. The smallest absolute Gasteiger partial charge is 0.283 e. The maximum Gasteiger partial charge on any atom is 0.283 e. The van der Waals surface area contributed by atoms with Gasteiger partial charge >= 0.3 is 0 Å². The van der Waals surface area contributed by atoms with Crippen LogP contribution in [0, 0.1) is 0 Å². The van der Waals surface area contributed by atoms with Crippen LogP contribution in [0.25, 0.3) is 0 Å². The van der Waals surface area contributed by atoms with Gasteiger partial charge in [-0.15, -0.1) is 0 Å². The summed E-state index contributed by atoms with van der Waals surface area (Å²) in [4.78, 5) is 0. The molecule has 0 saturated carbocycles. The van der Waals surface area contributed by atoms with Crippen molar-refractivity contribution in [1.82, 2.24) is 0 Å². The predicted octanol–water partition coefficient (Wildman–Crippen LogP) is 5.89. The van der Waals surface area contributed by atoms with Crippen LogP contribution in [-0.2, 0) is 14.9 Å². The summed E-state index contributed by atoms with van der Waals surface area (Å²) in [6, 6.07) is 11.7. The quantitative estimate of drug-likeness (QED) is 0.311. The summed E-state index contributed by atoms with van der Waals surface area (Å²) in [6.07, 6.45) is 0. The Morgan fingerprint density at radius 2 is 1.31 bits per heavy atom. The second-order valence-electron chi connectivity index (χ2n) is 6.09. The van der Waals surface area contributed by atoms with Gasteiger partial charge in [-0.2, -0.15) is 8.42 Å². The Labute approximate surface area is 186 Å². The third-order valence-electron chi connectivity index (χ3n) is 4.43. The van der Waals surface area contributed by atoms with E-state index in [1.807, 2.05) is 0 Å². The van der Waals surface area contributed by atoms with E-state index in [1.165, 1.54) is 42.5 Å². The Morgan fingerprint density at radius 1 is 0.724 bits per heavy atom. The summed E-state index contributed by atoms with van der Waals surface area (Å²) in [5, 5.41) is 19.7. The molecular weight excluding hydrogens is 482 g/mol. The van der Waals surface area contributed by atoms with Crippen molar-refractivity contribution in [1.29, 1.82) is 0 Å². The van der Waals surface area contributed by atoms with Gasteiger partial charge in [-0.1, -0.05) is 70.7 Å². The first-order valence-corrected chi connectivity index (χ1v) is 10.8. The molecular formula is C19H12Cl4O5S. The molecule has 0 saturated heterocycles. The van der Waals surface area contributed by atoms with E-state index >= 15 is 0 Å². The van der Waals surface area contributed by atoms with Crippen LogP contribution in [0.4, 0.5) is 0 Å². The van der Waals surface area contributed by atoms with Gasteiger partial charge in [0.15, 0.2) is 4.75 Å². The largest absolute Gasteiger partial charge is 0.506 e. The van der Waals surface area contributed by atoms with Crippen molar-refractivity contribution in [2.75, 3.05) is 0 Å². The molecule has 3 rings (SSSR count). The maximum atomic E-state index is 12.9. The molecule has 0 aliphatic rings. The van der Waals surface area contributed by atoms with E-state index in [4.69, 9.17) is 46.4 Å². The van der Waals surface area contributed by atoms with Gasteiger partial charge in [0.25, 0.3) is 10.1 Å². The van der Waals surface area contributed by atoms with Crippen LogP contribution >= 0.6 is 46.4 Å². The highest BCUT2D eigenvalue weighted by molar-refractivity contribution is 7.87. The van der Waals surface area contributed by atoms with E-state index in [2.05, 4.69) is 0 Å². The molecule has 10 heteroatoms. The predicted molar refractivity (Wildman–Crippen MR) is 114 cm³/mol. The first-order valence-electron chi connectivity index (χ1n) is 7.89. The van der Waals surface area contributed by atoms with E-state index in [0.29, 0.717) is 5.02 Å². The second-order valence-corrected chi connectivity index (χ2v) is 9.25. The molecule has 152 valence electrons. The molecule has 1 unspecified atom stereocenters. The number of hydrogen-bond acceptors (Lipinski definition) is 4. The first-order chi connectivity index (χ1) is 13.5. The molecule has 0 spiro atoms. The number of hydrogen-bond donors (Lipinski definition) is 3. The van der Waals surface area contributed by atoms with Gasteiger partial charge in [-0.25, -0.2) is 0 Å².